The Labute approximate surface area is 189 Å². The molecular weight excluding hydrogens is 458 g/mol. The van der Waals surface area contributed by atoms with Gasteiger partial charge in [0.2, 0.25) is 11.8 Å². The van der Waals surface area contributed by atoms with Crippen LogP contribution in [0.3, 0.4) is 0 Å². The molecule has 0 radical (unpaired) electrons. The molecule has 1 aliphatic rings. The van der Waals surface area contributed by atoms with Crippen LogP contribution in [-0.4, -0.2) is 18.4 Å². The minimum Gasteiger partial charge on any atom is -0.487 e. The van der Waals surface area contributed by atoms with E-state index in [1.165, 1.54) is 0 Å². The molecule has 0 saturated carbocycles. The van der Waals surface area contributed by atoms with Gasteiger partial charge < -0.3 is 9.64 Å². The molecule has 31 heavy (non-hydrogen) atoms. The van der Waals surface area contributed by atoms with Crippen LogP contribution in [0.4, 0.5) is 11.4 Å². The van der Waals surface area contributed by atoms with Crippen molar-refractivity contribution in [3.8, 4) is 5.75 Å². The molecule has 0 bridgehead atoms. The third kappa shape index (κ3) is 5.24. The summed E-state index contributed by atoms with van der Waals surface area (Å²) in [5.41, 5.74) is 8.16. The summed E-state index contributed by atoms with van der Waals surface area (Å²) in [5, 5.41) is 0. The molecule has 0 spiro atoms. The van der Waals surface area contributed by atoms with Crippen molar-refractivity contribution in [2.75, 3.05) is 16.9 Å². The highest BCUT2D eigenvalue weighted by molar-refractivity contribution is 9.10. The number of hydrogen-bond acceptors (Lipinski definition) is 4. The maximum atomic E-state index is 12.7. The van der Waals surface area contributed by atoms with Crippen LogP contribution < -0.4 is 20.5 Å². The first-order chi connectivity index (χ1) is 15.1. The first-order valence-corrected chi connectivity index (χ1v) is 10.8. The number of carbonyl (C=O) groups excluding carboxylic acids is 2. The van der Waals surface area contributed by atoms with Gasteiger partial charge in [0.1, 0.15) is 12.4 Å². The van der Waals surface area contributed by atoms with E-state index >= 15 is 0 Å². The number of rotatable bonds is 7. The Bertz CT molecular complexity index is 1060. The predicted octanol–water partition coefficient (Wildman–Crippen LogP) is 4.52. The topological polar surface area (TPSA) is 70.7 Å². The largest absolute Gasteiger partial charge is 0.487 e. The monoisotopic (exact) mass is 479 g/mol. The molecule has 0 unspecified atom stereocenters. The summed E-state index contributed by atoms with van der Waals surface area (Å²) in [4.78, 5) is 26.7. The van der Waals surface area contributed by atoms with Crippen LogP contribution >= 0.6 is 15.9 Å². The molecule has 2 amide bonds. The van der Waals surface area contributed by atoms with Crippen molar-refractivity contribution >= 4 is 39.1 Å². The number of nitrogens with one attached hydrogen (secondary N) is 2. The van der Waals surface area contributed by atoms with Gasteiger partial charge in [0.05, 0.1) is 11.6 Å². The van der Waals surface area contributed by atoms with Crippen molar-refractivity contribution in [2.45, 2.75) is 13.0 Å². The quantitative estimate of drug-likeness (QED) is 0.488. The third-order valence-electron chi connectivity index (χ3n) is 5.08. The van der Waals surface area contributed by atoms with Crippen molar-refractivity contribution in [1.82, 2.24) is 5.43 Å². The lowest BCUT2D eigenvalue weighted by Crippen LogP contribution is -2.36. The summed E-state index contributed by atoms with van der Waals surface area (Å²) in [5.74, 6) is -0.0911. The number of ether oxygens (including phenoxy) is 1. The number of amides is 2. The molecule has 7 heteroatoms. The molecular formula is C24H22BrN3O3. The Morgan fingerprint density at radius 2 is 1.71 bits per heavy atom. The maximum Gasteiger partial charge on any atom is 0.243 e. The first-order valence-electron chi connectivity index (χ1n) is 9.98. The Balaban J connectivity index is 1.35. The lowest BCUT2D eigenvalue weighted by atomic mass is 10.1. The van der Waals surface area contributed by atoms with Gasteiger partial charge in [0.15, 0.2) is 0 Å². The summed E-state index contributed by atoms with van der Waals surface area (Å²) >= 11 is 3.39. The lowest BCUT2D eigenvalue weighted by Gasteiger charge is -2.18. The molecule has 0 aromatic heterocycles. The second-order valence-corrected chi connectivity index (χ2v) is 8.18. The fourth-order valence-electron chi connectivity index (χ4n) is 3.42. The third-order valence-corrected chi connectivity index (χ3v) is 5.61. The van der Waals surface area contributed by atoms with Gasteiger partial charge in [-0.15, -0.1) is 0 Å². The van der Waals surface area contributed by atoms with Crippen molar-refractivity contribution in [1.29, 1.82) is 0 Å². The number of anilines is 2. The summed E-state index contributed by atoms with van der Waals surface area (Å²) in [6.07, 6.45) is 0.176. The molecule has 3 aromatic carbocycles. The van der Waals surface area contributed by atoms with E-state index < -0.39 is 5.92 Å². The van der Waals surface area contributed by atoms with Gasteiger partial charge in [-0.1, -0.05) is 58.4 Å². The first kappa shape index (κ1) is 20.9. The molecule has 4 rings (SSSR count). The molecule has 1 saturated heterocycles. The highest BCUT2D eigenvalue weighted by Crippen LogP contribution is 2.27. The Morgan fingerprint density at radius 3 is 2.48 bits per heavy atom. The molecule has 1 atom stereocenters. The van der Waals surface area contributed by atoms with Crippen LogP contribution in [0.5, 0.6) is 5.75 Å². The summed E-state index contributed by atoms with van der Waals surface area (Å²) in [6, 6.07) is 24.7. The average molecular weight is 480 g/mol. The van der Waals surface area contributed by atoms with E-state index in [0.717, 1.165) is 15.7 Å². The van der Waals surface area contributed by atoms with Crippen molar-refractivity contribution < 1.29 is 14.3 Å². The van der Waals surface area contributed by atoms with Gasteiger partial charge in [-0.05, 0) is 42.0 Å². The van der Waals surface area contributed by atoms with E-state index in [2.05, 4.69) is 26.8 Å². The highest BCUT2D eigenvalue weighted by atomic mass is 79.9. The number of benzene rings is 3. The second-order valence-electron chi connectivity index (χ2n) is 7.27. The number of carbonyl (C=O) groups is 2. The molecule has 6 nitrogen and oxygen atoms in total. The SMILES string of the molecule is O=C(NNc1ccccc1OCc1ccccc1)[C@H]1CC(=O)N(c2ccc(Br)cc2)C1. The zero-order chi connectivity index (χ0) is 21.6. The number of nitrogens with zero attached hydrogens (tertiary/aromatic N) is 1. The van der Waals surface area contributed by atoms with Gasteiger partial charge >= 0.3 is 0 Å². The van der Waals surface area contributed by atoms with Crippen LogP contribution in [0.1, 0.15) is 12.0 Å². The normalized spacial score (nSPS) is 15.6. The minimum atomic E-state index is -0.430. The molecule has 1 fully saturated rings. The molecule has 3 aromatic rings. The molecule has 2 N–H and O–H groups in total. The van der Waals surface area contributed by atoms with E-state index in [0.29, 0.717) is 24.6 Å². The number of hydrazine groups is 1. The number of para-hydroxylation sites is 2. The van der Waals surface area contributed by atoms with Crippen molar-refractivity contribution in [3.05, 3.63) is 88.9 Å². The fourth-order valence-corrected chi connectivity index (χ4v) is 3.68. The summed E-state index contributed by atoms with van der Waals surface area (Å²) in [6.45, 7) is 0.771. The Hall–Kier alpha value is -3.32. The standard InChI is InChI=1S/C24H22BrN3O3/c25-19-10-12-20(13-11-19)28-15-18(14-23(28)29)24(30)27-26-21-8-4-5-9-22(21)31-16-17-6-2-1-3-7-17/h1-13,18,26H,14-16H2,(H,27,30)/t18-/m0/s1. The van der Waals surface area contributed by atoms with Gasteiger partial charge in [-0.25, -0.2) is 0 Å². The van der Waals surface area contributed by atoms with E-state index in [1.807, 2.05) is 78.9 Å². The number of hydrogen-bond donors (Lipinski definition) is 2. The van der Waals surface area contributed by atoms with Crippen molar-refractivity contribution in [3.63, 3.8) is 0 Å². The van der Waals surface area contributed by atoms with Crippen LogP contribution in [0.15, 0.2) is 83.3 Å². The summed E-state index contributed by atoms with van der Waals surface area (Å²) < 4.78 is 6.84. The maximum absolute atomic E-state index is 12.7. The average Bonchev–Trinajstić information content (AvgIpc) is 3.19. The van der Waals surface area contributed by atoms with E-state index in [1.54, 1.807) is 4.90 Å². The van der Waals surface area contributed by atoms with Gasteiger partial charge in [0, 0.05) is 23.1 Å². The molecule has 0 aliphatic carbocycles. The van der Waals surface area contributed by atoms with Crippen LogP contribution in [0.2, 0.25) is 0 Å². The van der Waals surface area contributed by atoms with Gasteiger partial charge in [0.25, 0.3) is 0 Å². The fraction of sp³-hybridized carbons (Fsp3) is 0.167. The zero-order valence-corrected chi connectivity index (χ0v) is 18.3. The van der Waals surface area contributed by atoms with E-state index in [4.69, 9.17) is 4.74 Å². The van der Waals surface area contributed by atoms with Crippen molar-refractivity contribution in [2.24, 2.45) is 5.92 Å². The minimum absolute atomic E-state index is 0.0610. The van der Waals surface area contributed by atoms with E-state index in [9.17, 15) is 9.59 Å². The number of halogens is 1. The Kier molecular flexibility index (Phi) is 6.52. The highest BCUT2D eigenvalue weighted by Gasteiger charge is 2.35. The smallest absolute Gasteiger partial charge is 0.243 e. The van der Waals surface area contributed by atoms with Crippen LogP contribution in [0.25, 0.3) is 0 Å². The van der Waals surface area contributed by atoms with E-state index in [-0.39, 0.29) is 18.2 Å². The lowest BCUT2D eigenvalue weighted by molar-refractivity contribution is -0.125. The van der Waals surface area contributed by atoms with Gasteiger partial charge in [-0.2, -0.15) is 0 Å². The molecule has 158 valence electrons. The van der Waals surface area contributed by atoms with Gasteiger partial charge in [-0.3, -0.25) is 20.4 Å². The van der Waals surface area contributed by atoms with Crippen LogP contribution in [0, 0.1) is 5.92 Å². The summed E-state index contributed by atoms with van der Waals surface area (Å²) in [7, 11) is 0. The zero-order valence-electron chi connectivity index (χ0n) is 16.8. The van der Waals surface area contributed by atoms with Crippen LogP contribution in [-0.2, 0) is 16.2 Å². The predicted molar refractivity (Wildman–Crippen MR) is 124 cm³/mol. The molecule has 1 aliphatic heterocycles. The Morgan fingerprint density at radius 1 is 1.00 bits per heavy atom. The second kappa shape index (κ2) is 9.66. The molecule has 1 heterocycles.